The third-order valence-electron chi connectivity index (χ3n) is 7.08. The van der Waals surface area contributed by atoms with Crippen molar-refractivity contribution in [3.8, 4) is 20.9 Å². The van der Waals surface area contributed by atoms with Crippen LogP contribution in [-0.2, 0) is 12.8 Å². The van der Waals surface area contributed by atoms with Gasteiger partial charge >= 0.3 is 0 Å². The van der Waals surface area contributed by atoms with Crippen LogP contribution in [0.25, 0.3) is 20.9 Å². The SMILES string of the molecule is CC.CCCCC(CC)Cc1cc(-c2ccsc2-c2cccs2)c(C)cc1CC(CC)CCC. The summed E-state index contributed by atoms with van der Waals surface area (Å²) in [6, 6.07) is 11.9. The van der Waals surface area contributed by atoms with Crippen molar-refractivity contribution in [1.82, 2.24) is 0 Å². The molecule has 0 aliphatic carbocycles. The Balaban J connectivity index is 0.00000199. The Morgan fingerprint density at radius 1 is 0.735 bits per heavy atom. The smallest absolute Gasteiger partial charge is 0.0521 e. The molecule has 2 heteroatoms. The number of rotatable bonds is 13. The second kappa shape index (κ2) is 15.6. The largest absolute Gasteiger partial charge is 0.143 e. The topological polar surface area (TPSA) is 0 Å². The van der Waals surface area contributed by atoms with Crippen LogP contribution in [0, 0.1) is 18.8 Å². The van der Waals surface area contributed by atoms with Crippen LogP contribution in [0.2, 0.25) is 0 Å². The van der Waals surface area contributed by atoms with Crippen LogP contribution in [0.4, 0.5) is 0 Å². The van der Waals surface area contributed by atoms with Crippen LogP contribution in [0.5, 0.6) is 0 Å². The fraction of sp³-hybridized carbons (Fsp3) is 0.562. The van der Waals surface area contributed by atoms with E-state index in [-0.39, 0.29) is 0 Å². The lowest BCUT2D eigenvalue weighted by atomic mass is 9.83. The van der Waals surface area contributed by atoms with E-state index < -0.39 is 0 Å². The maximum Gasteiger partial charge on any atom is 0.0521 e. The molecule has 0 spiro atoms. The predicted molar refractivity (Wildman–Crippen MR) is 159 cm³/mol. The van der Waals surface area contributed by atoms with E-state index in [1.165, 1.54) is 84.2 Å². The van der Waals surface area contributed by atoms with Crippen LogP contribution in [0.1, 0.15) is 103 Å². The highest BCUT2D eigenvalue weighted by molar-refractivity contribution is 7.20. The minimum Gasteiger partial charge on any atom is -0.143 e. The minimum atomic E-state index is 0.801. The Kier molecular flexibility index (Phi) is 13.2. The molecule has 1 aromatic carbocycles. The van der Waals surface area contributed by atoms with Crippen molar-refractivity contribution in [2.24, 2.45) is 11.8 Å². The van der Waals surface area contributed by atoms with E-state index in [4.69, 9.17) is 0 Å². The van der Waals surface area contributed by atoms with Gasteiger partial charge in [0.2, 0.25) is 0 Å². The molecule has 3 aromatic rings. The van der Waals surface area contributed by atoms with Crippen molar-refractivity contribution in [2.75, 3.05) is 0 Å². The van der Waals surface area contributed by atoms with Crippen molar-refractivity contribution in [1.29, 1.82) is 0 Å². The molecule has 2 unspecified atom stereocenters. The highest BCUT2D eigenvalue weighted by Crippen LogP contribution is 2.41. The zero-order valence-electron chi connectivity index (χ0n) is 22.9. The maximum atomic E-state index is 2.58. The van der Waals surface area contributed by atoms with Crippen molar-refractivity contribution in [3.63, 3.8) is 0 Å². The standard InChI is InChI=1S/C30H42S2.C2H6/c1-6-10-13-24(9-4)20-26-21-28(22(5)18-25(26)19-23(8-3)12-7-2)27-15-17-32-30(27)29-14-11-16-31-29;1-2/h11,14-18,21,23-24H,6-10,12-13,19-20H2,1-5H3;1-2H3. The van der Waals surface area contributed by atoms with Gasteiger partial charge in [0.15, 0.2) is 0 Å². The van der Waals surface area contributed by atoms with Gasteiger partial charge in [-0.2, -0.15) is 0 Å². The van der Waals surface area contributed by atoms with Crippen molar-refractivity contribution >= 4 is 22.7 Å². The van der Waals surface area contributed by atoms with Gasteiger partial charge in [-0.15, -0.1) is 22.7 Å². The normalized spacial score (nSPS) is 12.8. The Bertz CT molecular complexity index is 932. The first-order chi connectivity index (χ1) is 16.6. The highest BCUT2D eigenvalue weighted by Gasteiger charge is 2.18. The first-order valence-corrected chi connectivity index (χ1v) is 15.6. The van der Waals surface area contributed by atoms with Crippen molar-refractivity contribution in [2.45, 2.75) is 106 Å². The van der Waals surface area contributed by atoms with Crippen LogP contribution in [0.15, 0.2) is 41.1 Å². The van der Waals surface area contributed by atoms with E-state index in [2.05, 4.69) is 75.7 Å². The number of unbranched alkanes of at least 4 members (excludes halogenated alkanes) is 1. The Morgan fingerprint density at radius 2 is 1.41 bits per heavy atom. The number of benzene rings is 1. The highest BCUT2D eigenvalue weighted by atomic mass is 32.1. The van der Waals surface area contributed by atoms with Gasteiger partial charge in [-0.25, -0.2) is 0 Å². The van der Waals surface area contributed by atoms with E-state index in [0.29, 0.717) is 0 Å². The maximum absolute atomic E-state index is 2.58. The predicted octanol–water partition coefficient (Wildman–Crippen LogP) is 11.6. The summed E-state index contributed by atoms with van der Waals surface area (Å²) < 4.78 is 0. The van der Waals surface area contributed by atoms with Gasteiger partial charge in [-0.05, 0) is 76.7 Å². The molecule has 2 heterocycles. The lowest BCUT2D eigenvalue weighted by molar-refractivity contribution is 0.439. The average Bonchev–Trinajstić information content (AvgIpc) is 3.56. The first kappa shape index (κ1) is 28.9. The molecule has 0 nitrogen and oxygen atoms in total. The van der Waals surface area contributed by atoms with Crippen molar-refractivity contribution < 1.29 is 0 Å². The van der Waals surface area contributed by atoms with E-state index in [0.717, 1.165) is 11.8 Å². The number of aryl methyl sites for hydroxylation is 1. The molecule has 188 valence electrons. The molecule has 34 heavy (non-hydrogen) atoms. The van der Waals surface area contributed by atoms with Gasteiger partial charge < -0.3 is 0 Å². The van der Waals surface area contributed by atoms with Gasteiger partial charge in [0.25, 0.3) is 0 Å². The summed E-state index contributed by atoms with van der Waals surface area (Å²) in [4.78, 5) is 2.82. The van der Waals surface area contributed by atoms with E-state index >= 15 is 0 Å². The van der Waals surface area contributed by atoms with Gasteiger partial charge in [-0.1, -0.05) is 105 Å². The summed E-state index contributed by atoms with van der Waals surface area (Å²) in [6.07, 6.45) is 11.7. The molecule has 0 radical (unpaired) electrons. The summed E-state index contributed by atoms with van der Waals surface area (Å²) in [7, 11) is 0. The summed E-state index contributed by atoms with van der Waals surface area (Å²) in [5.41, 5.74) is 7.54. The second-order valence-corrected chi connectivity index (χ2v) is 11.3. The molecule has 2 aromatic heterocycles. The molecule has 0 amide bonds. The molecule has 0 N–H and O–H groups in total. The van der Waals surface area contributed by atoms with Crippen LogP contribution in [0.3, 0.4) is 0 Å². The molecular formula is C32H48S2. The lowest BCUT2D eigenvalue weighted by Gasteiger charge is -2.22. The Hall–Kier alpha value is -1.38. The van der Waals surface area contributed by atoms with Crippen molar-refractivity contribution in [3.05, 3.63) is 57.8 Å². The van der Waals surface area contributed by atoms with Gasteiger partial charge in [0.1, 0.15) is 0 Å². The Labute approximate surface area is 218 Å². The van der Waals surface area contributed by atoms with Gasteiger partial charge in [0.05, 0.1) is 4.88 Å². The molecule has 0 saturated carbocycles. The van der Waals surface area contributed by atoms with Crippen LogP contribution in [-0.4, -0.2) is 0 Å². The fourth-order valence-electron chi connectivity index (χ4n) is 5.03. The summed E-state index contributed by atoms with van der Waals surface area (Å²) in [5, 5.41) is 4.46. The monoisotopic (exact) mass is 496 g/mol. The number of hydrogen-bond acceptors (Lipinski definition) is 2. The minimum absolute atomic E-state index is 0.801. The zero-order chi connectivity index (χ0) is 24.9. The summed E-state index contributed by atoms with van der Waals surface area (Å²) in [5.74, 6) is 1.61. The van der Waals surface area contributed by atoms with Gasteiger partial charge in [-0.3, -0.25) is 0 Å². The molecule has 2 atom stereocenters. The molecule has 0 aliphatic heterocycles. The fourth-order valence-corrected chi connectivity index (χ4v) is 6.82. The summed E-state index contributed by atoms with van der Waals surface area (Å²) >= 11 is 3.73. The van der Waals surface area contributed by atoms with E-state index in [1.54, 1.807) is 11.1 Å². The zero-order valence-corrected chi connectivity index (χ0v) is 24.5. The molecule has 0 bridgehead atoms. The Morgan fingerprint density at radius 3 is 2.00 bits per heavy atom. The quantitative estimate of drug-likeness (QED) is 0.221. The van der Waals surface area contributed by atoms with E-state index in [1.807, 2.05) is 36.5 Å². The molecule has 3 rings (SSSR count). The first-order valence-electron chi connectivity index (χ1n) is 13.8. The number of thiophene rings is 2. The second-order valence-electron chi connectivity index (χ2n) is 9.46. The third kappa shape index (κ3) is 7.82. The number of hydrogen-bond donors (Lipinski definition) is 0. The molecule has 0 aliphatic rings. The molecule has 0 fully saturated rings. The lowest BCUT2D eigenvalue weighted by Crippen LogP contribution is -2.10. The van der Waals surface area contributed by atoms with Gasteiger partial charge in [0, 0.05) is 10.4 Å². The average molecular weight is 497 g/mol. The molecular weight excluding hydrogens is 448 g/mol. The third-order valence-corrected chi connectivity index (χ3v) is 9.05. The van der Waals surface area contributed by atoms with Crippen LogP contribution < -0.4 is 0 Å². The van der Waals surface area contributed by atoms with E-state index in [9.17, 15) is 0 Å². The molecule has 0 saturated heterocycles. The summed E-state index contributed by atoms with van der Waals surface area (Å²) in [6.45, 7) is 15.7. The van der Waals surface area contributed by atoms with Crippen LogP contribution >= 0.6 is 22.7 Å².